The van der Waals surface area contributed by atoms with E-state index in [-0.39, 0.29) is 24.5 Å². The van der Waals surface area contributed by atoms with Crippen LogP contribution >= 0.6 is 0 Å². The fourth-order valence-electron chi connectivity index (χ4n) is 3.66. The highest BCUT2D eigenvalue weighted by atomic mass is 19.4. The van der Waals surface area contributed by atoms with Crippen LogP contribution in [0.5, 0.6) is 0 Å². The van der Waals surface area contributed by atoms with Gasteiger partial charge < -0.3 is 5.11 Å². The second kappa shape index (κ2) is 6.44. The molecule has 3 rings (SSSR count). The third-order valence-electron chi connectivity index (χ3n) is 5.09. The Morgan fingerprint density at radius 2 is 2.04 bits per heavy atom. The smallest absolute Gasteiger partial charge is 0.362 e. The molecule has 1 amide bonds. The van der Waals surface area contributed by atoms with Crippen molar-refractivity contribution in [1.29, 1.82) is 0 Å². The molecule has 4 nitrogen and oxygen atoms in total. The molecule has 0 bridgehead atoms. The number of alkyl halides is 3. The van der Waals surface area contributed by atoms with Gasteiger partial charge in [0, 0.05) is 12.1 Å². The van der Waals surface area contributed by atoms with Crippen molar-refractivity contribution in [3.8, 4) is 0 Å². The monoisotopic (exact) mass is 354 g/mol. The molecule has 1 fully saturated rings. The lowest BCUT2D eigenvalue weighted by atomic mass is 9.76. The summed E-state index contributed by atoms with van der Waals surface area (Å²) in [4.78, 5) is 12.5. The van der Waals surface area contributed by atoms with Gasteiger partial charge in [-0.15, -0.1) is 0 Å². The van der Waals surface area contributed by atoms with Gasteiger partial charge >= 0.3 is 6.18 Å². The van der Waals surface area contributed by atoms with E-state index in [0.717, 1.165) is 12.0 Å². The molecule has 0 radical (unpaired) electrons. The lowest BCUT2D eigenvalue weighted by molar-refractivity contribution is -0.317. The van der Waals surface area contributed by atoms with Crippen molar-refractivity contribution in [2.45, 2.75) is 50.9 Å². The number of hydrazone groups is 1. The first kappa shape index (κ1) is 17.9. The molecule has 2 aliphatic rings. The topological polar surface area (TPSA) is 52.9 Å². The average Bonchev–Trinajstić information content (AvgIpc) is 2.87. The van der Waals surface area contributed by atoms with E-state index >= 15 is 0 Å². The summed E-state index contributed by atoms with van der Waals surface area (Å²) in [5.74, 6) is -1.92. The van der Waals surface area contributed by atoms with Crippen molar-refractivity contribution in [3.05, 3.63) is 35.9 Å². The fourth-order valence-corrected chi connectivity index (χ4v) is 3.66. The molecule has 1 heterocycles. The molecule has 136 valence electrons. The summed E-state index contributed by atoms with van der Waals surface area (Å²) < 4.78 is 41.1. The normalized spacial score (nSPS) is 29.3. The predicted molar refractivity (Wildman–Crippen MR) is 86.6 cm³/mol. The number of halogens is 3. The van der Waals surface area contributed by atoms with Crippen molar-refractivity contribution in [1.82, 2.24) is 5.01 Å². The van der Waals surface area contributed by atoms with Crippen LogP contribution in [0.4, 0.5) is 13.2 Å². The van der Waals surface area contributed by atoms with Crippen LogP contribution < -0.4 is 0 Å². The van der Waals surface area contributed by atoms with Crippen molar-refractivity contribution in [2.24, 2.45) is 16.9 Å². The van der Waals surface area contributed by atoms with Crippen molar-refractivity contribution in [3.63, 3.8) is 0 Å². The molecule has 1 aliphatic heterocycles. The first-order valence-electron chi connectivity index (χ1n) is 8.47. The highest BCUT2D eigenvalue weighted by Crippen LogP contribution is 2.49. The minimum Gasteiger partial charge on any atom is -0.362 e. The summed E-state index contributed by atoms with van der Waals surface area (Å²) in [5.41, 5.74) is -2.10. The first-order chi connectivity index (χ1) is 11.7. The first-order valence-corrected chi connectivity index (χ1v) is 8.47. The van der Waals surface area contributed by atoms with E-state index < -0.39 is 23.7 Å². The lowest BCUT2D eigenvalue weighted by Gasteiger charge is -2.39. The minimum atomic E-state index is -4.96. The number of benzene rings is 1. The fraction of sp³-hybridized carbons (Fsp3) is 0.556. The largest absolute Gasteiger partial charge is 0.439 e. The standard InChI is InChI=1S/C18H21F3N2O2/c1-12-7-9-15-14(11-12)17(25,18(19,20)21)23(22-15)16(24)10-8-13-5-3-2-4-6-13/h2-6,12,14,25H,7-11H2,1H3/t12-,14-,17+/m1/s1. The molecule has 1 aromatic carbocycles. The van der Waals surface area contributed by atoms with Crippen molar-refractivity contribution >= 4 is 11.6 Å². The summed E-state index contributed by atoms with van der Waals surface area (Å²) in [6.07, 6.45) is -3.51. The zero-order valence-electron chi connectivity index (χ0n) is 14.0. The number of aryl methyl sites for hydroxylation is 1. The molecule has 1 aliphatic carbocycles. The molecule has 1 N–H and O–H groups in total. The maximum absolute atomic E-state index is 13.7. The Morgan fingerprint density at radius 3 is 2.68 bits per heavy atom. The molecule has 25 heavy (non-hydrogen) atoms. The van der Waals surface area contributed by atoms with Gasteiger partial charge in [0.1, 0.15) is 0 Å². The molecule has 0 aromatic heterocycles. The van der Waals surface area contributed by atoms with Crippen LogP contribution in [0.15, 0.2) is 35.4 Å². The van der Waals surface area contributed by atoms with Crippen LogP contribution in [0, 0.1) is 11.8 Å². The van der Waals surface area contributed by atoms with E-state index in [0.29, 0.717) is 17.9 Å². The van der Waals surface area contributed by atoms with Gasteiger partial charge in [-0.2, -0.15) is 23.3 Å². The predicted octanol–water partition coefficient (Wildman–Crippen LogP) is 3.50. The van der Waals surface area contributed by atoms with Crippen molar-refractivity contribution < 1.29 is 23.1 Å². The molecule has 1 saturated carbocycles. The number of aliphatic hydroxyl groups is 1. The van der Waals surface area contributed by atoms with Crippen LogP contribution in [0.1, 0.15) is 38.2 Å². The zero-order valence-corrected chi connectivity index (χ0v) is 14.0. The summed E-state index contributed by atoms with van der Waals surface area (Å²) in [6.45, 7) is 1.85. The summed E-state index contributed by atoms with van der Waals surface area (Å²) in [7, 11) is 0. The Kier molecular flexibility index (Phi) is 4.62. The third kappa shape index (κ3) is 3.17. The van der Waals surface area contributed by atoms with Crippen LogP contribution in [0.3, 0.4) is 0 Å². The molecular weight excluding hydrogens is 333 g/mol. The number of carbonyl (C=O) groups excluding carboxylic acids is 1. The van der Waals surface area contributed by atoms with E-state index in [4.69, 9.17) is 0 Å². The highest BCUT2D eigenvalue weighted by Gasteiger charge is 2.68. The molecule has 1 aromatic rings. The van der Waals surface area contributed by atoms with E-state index in [1.807, 2.05) is 13.0 Å². The van der Waals surface area contributed by atoms with Gasteiger partial charge in [0.15, 0.2) is 0 Å². The van der Waals surface area contributed by atoms with Gasteiger partial charge in [0.2, 0.25) is 5.91 Å². The molecule has 0 spiro atoms. The van der Waals surface area contributed by atoms with Gasteiger partial charge in [0.25, 0.3) is 5.72 Å². The number of amides is 1. The second-order valence-corrected chi connectivity index (χ2v) is 6.94. The van der Waals surface area contributed by atoms with Gasteiger partial charge in [-0.1, -0.05) is 37.3 Å². The zero-order chi connectivity index (χ0) is 18.2. The number of hydrogen-bond donors (Lipinski definition) is 1. The maximum Gasteiger partial charge on any atom is 0.439 e. The van der Waals surface area contributed by atoms with Gasteiger partial charge in [-0.3, -0.25) is 4.79 Å². The Hall–Kier alpha value is -1.89. The number of rotatable bonds is 3. The summed E-state index contributed by atoms with van der Waals surface area (Å²) in [5, 5.41) is 14.7. The Morgan fingerprint density at radius 1 is 1.36 bits per heavy atom. The van der Waals surface area contributed by atoms with E-state index in [2.05, 4.69) is 5.10 Å². The van der Waals surface area contributed by atoms with Crippen molar-refractivity contribution in [2.75, 3.05) is 0 Å². The van der Waals surface area contributed by atoms with E-state index in [1.165, 1.54) is 0 Å². The average molecular weight is 354 g/mol. The Labute approximate surface area is 144 Å². The number of fused-ring (bicyclic) bond motifs is 1. The van der Waals surface area contributed by atoms with Crippen LogP contribution in [0.2, 0.25) is 0 Å². The molecular formula is C18H21F3N2O2. The summed E-state index contributed by atoms with van der Waals surface area (Å²) in [6, 6.07) is 9.04. The van der Waals surface area contributed by atoms with Crippen LogP contribution in [0.25, 0.3) is 0 Å². The molecule has 0 saturated heterocycles. The third-order valence-corrected chi connectivity index (χ3v) is 5.09. The summed E-state index contributed by atoms with van der Waals surface area (Å²) >= 11 is 0. The van der Waals surface area contributed by atoms with E-state index in [9.17, 15) is 23.1 Å². The Bertz CT molecular complexity index is 675. The molecule has 3 atom stereocenters. The SMILES string of the molecule is C[C@@H]1CCC2=NN(C(=O)CCc3ccccc3)[C@@](O)(C(F)(F)F)[C@@H]2C1. The van der Waals surface area contributed by atoms with E-state index in [1.54, 1.807) is 24.3 Å². The number of carbonyl (C=O) groups is 1. The van der Waals surface area contributed by atoms with Gasteiger partial charge in [-0.25, -0.2) is 0 Å². The molecule has 0 unspecified atom stereocenters. The highest BCUT2D eigenvalue weighted by molar-refractivity contribution is 5.93. The second-order valence-electron chi connectivity index (χ2n) is 6.94. The quantitative estimate of drug-likeness (QED) is 0.903. The van der Waals surface area contributed by atoms with Crippen LogP contribution in [-0.2, 0) is 11.2 Å². The lowest BCUT2D eigenvalue weighted by Crippen LogP contribution is -2.61. The number of hydrogen-bond acceptors (Lipinski definition) is 3. The van der Waals surface area contributed by atoms with Gasteiger partial charge in [-0.05, 0) is 37.2 Å². The Balaban J connectivity index is 1.83. The molecule has 7 heteroatoms. The number of nitrogens with zero attached hydrogens (tertiary/aromatic N) is 2. The van der Waals surface area contributed by atoms with Crippen LogP contribution in [-0.4, -0.2) is 33.6 Å². The minimum absolute atomic E-state index is 0.0530. The van der Waals surface area contributed by atoms with Gasteiger partial charge in [0.05, 0.1) is 5.92 Å². The maximum atomic E-state index is 13.7.